The zero-order chi connectivity index (χ0) is 25.4. The number of rotatable bonds is 8. The maximum atomic E-state index is 12.1. The maximum Gasteiger partial charge on any atom is 0.329 e. The minimum atomic E-state index is -0.987. The molecule has 0 aromatic heterocycles. The third kappa shape index (κ3) is 7.26. The first kappa shape index (κ1) is 26.6. The number of ether oxygens (including phenoxy) is 2. The highest BCUT2D eigenvalue weighted by Gasteiger charge is 2.15. The molecule has 0 aliphatic carbocycles. The largest absolute Gasteiger partial charge is 0.490 e. The number of nitrogens with one attached hydrogen (secondary N) is 2. The maximum absolute atomic E-state index is 12.1. The van der Waals surface area contributed by atoms with Crippen LogP contribution in [0.3, 0.4) is 0 Å². The number of hydrogen-bond donors (Lipinski definition) is 2. The van der Waals surface area contributed by atoms with Crippen molar-refractivity contribution in [1.29, 1.82) is 0 Å². The van der Waals surface area contributed by atoms with E-state index in [9.17, 15) is 9.59 Å². The molecule has 0 bridgehead atoms. The summed E-state index contributed by atoms with van der Waals surface area (Å²) in [6.07, 6.45) is 1.36. The summed E-state index contributed by atoms with van der Waals surface area (Å²) in [6.45, 7) is 2.38. The lowest BCUT2D eigenvalue weighted by Crippen LogP contribution is -2.32. The van der Waals surface area contributed by atoms with E-state index in [0.29, 0.717) is 39.3 Å². The van der Waals surface area contributed by atoms with Crippen molar-refractivity contribution in [3.8, 4) is 11.5 Å². The SMILES string of the molecule is CCOc1cc(C=NNC(=O)C(=O)Nc2cccc(Cl)c2Cl)ccc1OCc1c(Cl)cccc1Cl. The van der Waals surface area contributed by atoms with E-state index in [1.165, 1.54) is 12.3 Å². The molecule has 182 valence electrons. The van der Waals surface area contributed by atoms with Gasteiger partial charge in [0.1, 0.15) is 6.61 Å². The standard InChI is InChI=1S/C24H19Cl4N3O4/c1-2-34-21-11-14(9-10-20(21)35-13-15-16(25)5-3-6-17(15)26)12-29-31-24(33)23(32)30-19-8-4-7-18(27)22(19)28/h3-12H,2,13H2,1H3,(H,30,32)(H,31,33). The minimum absolute atomic E-state index is 0.126. The van der Waals surface area contributed by atoms with E-state index in [4.69, 9.17) is 55.9 Å². The van der Waals surface area contributed by atoms with Gasteiger partial charge in [-0.3, -0.25) is 9.59 Å². The minimum Gasteiger partial charge on any atom is -0.490 e. The number of halogens is 4. The fourth-order valence-electron chi connectivity index (χ4n) is 2.81. The van der Waals surface area contributed by atoms with Gasteiger partial charge >= 0.3 is 11.8 Å². The number of carbonyl (C=O) groups excluding carboxylic acids is 2. The summed E-state index contributed by atoms with van der Waals surface area (Å²) in [4.78, 5) is 24.1. The van der Waals surface area contributed by atoms with Crippen LogP contribution in [0.1, 0.15) is 18.1 Å². The first-order valence-electron chi connectivity index (χ1n) is 10.2. The van der Waals surface area contributed by atoms with E-state index in [1.807, 2.05) is 6.92 Å². The van der Waals surface area contributed by atoms with Crippen LogP contribution >= 0.6 is 46.4 Å². The molecule has 7 nitrogen and oxygen atoms in total. The van der Waals surface area contributed by atoms with Gasteiger partial charge in [0.2, 0.25) is 0 Å². The Morgan fingerprint density at radius 2 is 1.57 bits per heavy atom. The molecule has 0 unspecified atom stereocenters. The Bertz CT molecular complexity index is 1250. The van der Waals surface area contributed by atoms with Crippen molar-refractivity contribution < 1.29 is 19.1 Å². The Morgan fingerprint density at radius 3 is 2.29 bits per heavy atom. The first-order valence-corrected chi connectivity index (χ1v) is 11.7. The summed E-state index contributed by atoms with van der Waals surface area (Å²) in [5.74, 6) is -1.01. The second-order valence-corrected chi connectivity index (χ2v) is 8.48. The van der Waals surface area contributed by atoms with Crippen LogP contribution in [0.2, 0.25) is 20.1 Å². The molecule has 0 fully saturated rings. The smallest absolute Gasteiger partial charge is 0.329 e. The average molecular weight is 555 g/mol. The quantitative estimate of drug-likeness (QED) is 0.192. The zero-order valence-corrected chi connectivity index (χ0v) is 21.3. The highest BCUT2D eigenvalue weighted by atomic mass is 35.5. The molecule has 0 aliphatic rings. The van der Waals surface area contributed by atoms with Gasteiger partial charge in [-0.25, -0.2) is 5.43 Å². The summed E-state index contributed by atoms with van der Waals surface area (Å²) in [7, 11) is 0. The Balaban J connectivity index is 1.63. The second-order valence-electron chi connectivity index (χ2n) is 6.88. The number of carbonyl (C=O) groups is 2. The summed E-state index contributed by atoms with van der Waals surface area (Å²) in [6, 6.07) is 14.9. The fraction of sp³-hybridized carbons (Fsp3) is 0.125. The second kappa shape index (κ2) is 12.7. The molecule has 11 heteroatoms. The van der Waals surface area contributed by atoms with Crippen molar-refractivity contribution in [2.45, 2.75) is 13.5 Å². The van der Waals surface area contributed by atoms with E-state index < -0.39 is 11.8 Å². The first-order chi connectivity index (χ1) is 16.8. The molecular formula is C24H19Cl4N3O4. The number of anilines is 1. The molecule has 0 aliphatic heterocycles. The fourth-order valence-corrected chi connectivity index (χ4v) is 3.66. The summed E-state index contributed by atoms with van der Waals surface area (Å²) in [5.41, 5.74) is 3.61. The monoisotopic (exact) mass is 553 g/mol. The lowest BCUT2D eigenvalue weighted by molar-refractivity contribution is -0.136. The third-order valence-corrected chi connectivity index (χ3v) is 6.01. The Kier molecular flexibility index (Phi) is 9.63. The van der Waals surface area contributed by atoms with Gasteiger partial charge in [0.25, 0.3) is 0 Å². The van der Waals surface area contributed by atoms with Gasteiger partial charge in [-0.15, -0.1) is 0 Å². The molecule has 3 rings (SSSR count). The molecule has 3 aromatic carbocycles. The lowest BCUT2D eigenvalue weighted by atomic mass is 10.2. The van der Waals surface area contributed by atoms with Crippen LogP contribution in [0.4, 0.5) is 5.69 Å². The van der Waals surface area contributed by atoms with Gasteiger partial charge in [-0.1, -0.05) is 58.5 Å². The van der Waals surface area contributed by atoms with Gasteiger partial charge in [0, 0.05) is 15.6 Å². The summed E-state index contributed by atoms with van der Waals surface area (Å²) in [5, 5.41) is 7.55. The Hall–Kier alpha value is -2.97. The van der Waals surface area contributed by atoms with E-state index in [-0.39, 0.29) is 22.3 Å². The van der Waals surface area contributed by atoms with Gasteiger partial charge < -0.3 is 14.8 Å². The van der Waals surface area contributed by atoms with Gasteiger partial charge in [-0.2, -0.15) is 5.10 Å². The molecule has 2 N–H and O–H groups in total. The van der Waals surface area contributed by atoms with Crippen molar-refractivity contribution in [2.24, 2.45) is 5.10 Å². The topological polar surface area (TPSA) is 89.0 Å². The van der Waals surface area contributed by atoms with Crippen LogP contribution in [-0.4, -0.2) is 24.6 Å². The van der Waals surface area contributed by atoms with Crippen LogP contribution in [0.25, 0.3) is 0 Å². The molecule has 0 saturated heterocycles. The third-order valence-electron chi connectivity index (χ3n) is 4.49. The number of hydrogen-bond acceptors (Lipinski definition) is 5. The van der Waals surface area contributed by atoms with Crippen LogP contribution in [0.5, 0.6) is 11.5 Å². The van der Waals surface area contributed by atoms with Gasteiger partial charge in [0.15, 0.2) is 11.5 Å². The molecule has 0 heterocycles. The molecule has 35 heavy (non-hydrogen) atoms. The van der Waals surface area contributed by atoms with Gasteiger partial charge in [0.05, 0.1) is 28.6 Å². The van der Waals surface area contributed by atoms with Gasteiger partial charge in [-0.05, 0) is 55.0 Å². The van der Waals surface area contributed by atoms with Crippen molar-refractivity contribution in [3.05, 3.63) is 85.8 Å². The predicted molar refractivity (Wildman–Crippen MR) is 139 cm³/mol. The molecule has 3 aromatic rings. The van der Waals surface area contributed by atoms with Crippen molar-refractivity contribution >= 4 is 70.1 Å². The molecule has 0 saturated carbocycles. The van der Waals surface area contributed by atoms with Crippen molar-refractivity contribution in [3.63, 3.8) is 0 Å². The predicted octanol–water partition coefficient (Wildman–Crippen LogP) is 6.37. The number of nitrogens with zero attached hydrogens (tertiary/aromatic N) is 1. The number of benzene rings is 3. The number of amides is 2. The van der Waals surface area contributed by atoms with Crippen LogP contribution < -0.4 is 20.2 Å². The van der Waals surface area contributed by atoms with E-state index in [2.05, 4.69) is 15.8 Å². The summed E-state index contributed by atoms with van der Waals surface area (Å²) < 4.78 is 11.5. The average Bonchev–Trinajstić information content (AvgIpc) is 2.83. The van der Waals surface area contributed by atoms with E-state index >= 15 is 0 Å². The number of hydrazone groups is 1. The highest BCUT2D eigenvalue weighted by molar-refractivity contribution is 6.45. The molecule has 2 amide bonds. The Morgan fingerprint density at radius 1 is 0.886 bits per heavy atom. The Labute approximate surface area is 221 Å². The van der Waals surface area contributed by atoms with E-state index in [0.717, 1.165) is 0 Å². The highest BCUT2D eigenvalue weighted by Crippen LogP contribution is 2.32. The molecule has 0 spiro atoms. The normalized spacial score (nSPS) is 10.8. The van der Waals surface area contributed by atoms with Crippen LogP contribution in [-0.2, 0) is 16.2 Å². The van der Waals surface area contributed by atoms with Crippen LogP contribution in [0.15, 0.2) is 59.7 Å². The lowest BCUT2D eigenvalue weighted by Gasteiger charge is -2.14. The van der Waals surface area contributed by atoms with Crippen molar-refractivity contribution in [2.75, 3.05) is 11.9 Å². The molecule has 0 radical (unpaired) electrons. The van der Waals surface area contributed by atoms with Crippen LogP contribution in [0, 0.1) is 0 Å². The van der Waals surface area contributed by atoms with Crippen molar-refractivity contribution in [1.82, 2.24) is 5.43 Å². The van der Waals surface area contributed by atoms with E-state index in [1.54, 1.807) is 48.5 Å². The molecule has 0 atom stereocenters. The summed E-state index contributed by atoms with van der Waals surface area (Å²) >= 11 is 24.3. The molecular weight excluding hydrogens is 536 g/mol. The zero-order valence-electron chi connectivity index (χ0n) is 18.3.